The Labute approximate surface area is 72.8 Å². The predicted molar refractivity (Wildman–Crippen MR) is 40.7 cm³/mol. The molecular weight excluding hydrogens is 191 g/mol. The molecule has 1 heterocycles. The van der Waals surface area contributed by atoms with Crippen molar-refractivity contribution in [3.05, 3.63) is 22.4 Å². The second kappa shape index (κ2) is 5.88. The van der Waals surface area contributed by atoms with Gasteiger partial charge in [0.2, 0.25) is 0 Å². The van der Waals surface area contributed by atoms with Gasteiger partial charge >= 0.3 is 0 Å². The van der Waals surface area contributed by atoms with Crippen LogP contribution in [0, 0.1) is 0 Å². The molecule has 0 amide bonds. The summed E-state index contributed by atoms with van der Waals surface area (Å²) >= 11 is 10.8. The van der Waals surface area contributed by atoms with Crippen molar-refractivity contribution < 1.29 is 9.90 Å². The van der Waals surface area contributed by atoms with E-state index in [2.05, 4.69) is 10.2 Å². The van der Waals surface area contributed by atoms with Crippen molar-refractivity contribution in [2.24, 2.45) is 0 Å². The van der Waals surface area contributed by atoms with Crippen molar-refractivity contribution in [1.82, 2.24) is 10.2 Å². The van der Waals surface area contributed by atoms with Crippen molar-refractivity contribution in [1.29, 1.82) is 0 Å². The quantitative estimate of drug-likeness (QED) is 0.636. The van der Waals surface area contributed by atoms with Crippen molar-refractivity contribution in [2.45, 2.75) is 0 Å². The number of carboxylic acid groups (broad SMARTS) is 1. The fraction of sp³-hybridized carbons (Fsp3) is 0. The summed E-state index contributed by atoms with van der Waals surface area (Å²) in [4.78, 5) is 8.36. The average molecular weight is 195 g/mol. The Morgan fingerprint density at radius 3 is 1.73 bits per heavy atom. The maximum absolute atomic E-state index is 8.36. The summed E-state index contributed by atoms with van der Waals surface area (Å²) in [5.74, 6) is 0. The van der Waals surface area contributed by atoms with E-state index in [4.69, 9.17) is 33.1 Å². The van der Waals surface area contributed by atoms with Crippen molar-refractivity contribution in [3.63, 3.8) is 0 Å². The van der Waals surface area contributed by atoms with Crippen LogP contribution in [-0.4, -0.2) is 21.8 Å². The number of rotatable bonds is 0. The van der Waals surface area contributed by atoms with Gasteiger partial charge in [0.1, 0.15) is 0 Å². The number of halogens is 2. The minimum Gasteiger partial charge on any atom is -0.483 e. The molecular formula is C5H4Cl2N2O2. The third-order valence-electron chi connectivity index (χ3n) is 0.599. The second-order valence-electron chi connectivity index (χ2n) is 1.28. The lowest BCUT2D eigenvalue weighted by molar-refractivity contribution is -0.122. The normalized spacial score (nSPS) is 7.82. The van der Waals surface area contributed by atoms with Gasteiger partial charge < -0.3 is 5.11 Å². The molecule has 0 radical (unpaired) electrons. The largest absolute Gasteiger partial charge is 0.483 e. The molecule has 0 aromatic carbocycles. The number of nitrogens with zero attached hydrogens (tertiary/aromatic N) is 2. The van der Waals surface area contributed by atoms with Crippen LogP contribution in [0.3, 0.4) is 0 Å². The fourth-order valence-corrected chi connectivity index (χ4v) is 0.501. The first-order chi connectivity index (χ1) is 5.20. The highest BCUT2D eigenvalue weighted by molar-refractivity contribution is 6.31. The van der Waals surface area contributed by atoms with Crippen LogP contribution in [0.15, 0.2) is 12.1 Å². The van der Waals surface area contributed by atoms with Crippen LogP contribution in [0.25, 0.3) is 0 Å². The van der Waals surface area contributed by atoms with Gasteiger partial charge in [-0.15, -0.1) is 10.2 Å². The molecule has 1 aromatic heterocycles. The van der Waals surface area contributed by atoms with Gasteiger partial charge in [0.15, 0.2) is 10.3 Å². The summed E-state index contributed by atoms with van der Waals surface area (Å²) in [6.07, 6.45) is 0. The molecule has 1 aromatic rings. The Morgan fingerprint density at radius 2 is 1.55 bits per heavy atom. The van der Waals surface area contributed by atoms with E-state index in [9.17, 15) is 0 Å². The van der Waals surface area contributed by atoms with Gasteiger partial charge in [-0.2, -0.15) is 0 Å². The standard InChI is InChI=1S/C4H2Cl2N2.CH2O2/c5-3-1-2-4(6)8-7-3;2-1-3/h1-2H;1H,(H,2,3). The molecule has 0 fully saturated rings. The Bertz CT molecular complexity index is 193. The SMILES string of the molecule is Clc1ccc(Cl)nn1.O=CO. The third-order valence-corrected chi connectivity index (χ3v) is 1.00. The fourth-order valence-electron chi connectivity index (χ4n) is 0.300. The van der Waals surface area contributed by atoms with Gasteiger partial charge in [0, 0.05) is 0 Å². The lowest BCUT2D eigenvalue weighted by Crippen LogP contribution is -1.78. The zero-order chi connectivity index (χ0) is 8.69. The molecule has 1 N–H and O–H groups in total. The molecule has 60 valence electrons. The topological polar surface area (TPSA) is 63.1 Å². The third kappa shape index (κ3) is 5.57. The molecule has 0 aliphatic heterocycles. The lowest BCUT2D eigenvalue weighted by Gasteiger charge is -1.83. The first kappa shape index (κ1) is 10.1. The molecule has 0 aliphatic rings. The molecule has 4 nitrogen and oxygen atoms in total. The Balaban J connectivity index is 0.000000292. The summed E-state index contributed by atoms with van der Waals surface area (Å²) in [5, 5.41) is 14.5. The smallest absolute Gasteiger partial charge is 0.290 e. The van der Waals surface area contributed by atoms with Crippen LogP contribution in [0.1, 0.15) is 0 Å². The van der Waals surface area contributed by atoms with E-state index in [0.29, 0.717) is 10.3 Å². The van der Waals surface area contributed by atoms with Gasteiger partial charge in [0.25, 0.3) is 6.47 Å². The summed E-state index contributed by atoms with van der Waals surface area (Å²) in [7, 11) is 0. The van der Waals surface area contributed by atoms with Gasteiger partial charge in [-0.3, -0.25) is 4.79 Å². The van der Waals surface area contributed by atoms with Crippen LogP contribution >= 0.6 is 23.2 Å². The minimum atomic E-state index is -0.250. The number of hydrogen-bond donors (Lipinski definition) is 1. The van der Waals surface area contributed by atoms with Crippen molar-refractivity contribution in [2.75, 3.05) is 0 Å². The van der Waals surface area contributed by atoms with Gasteiger partial charge in [-0.25, -0.2) is 0 Å². The molecule has 0 unspecified atom stereocenters. The van der Waals surface area contributed by atoms with Gasteiger partial charge in [-0.05, 0) is 12.1 Å². The number of aromatic nitrogens is 2. The van der Waals surface area contributed by atoms with E-state index in [1.807, 2.05) is 0 Å². The number of carbonyl (C=O) groups is 1. The molecule has 0 bridgehead atoms. The predicted octanol–water partition coefficient (Wildman–Crippen LogP) is 1.48. The molecule has 0 spiro atoms. The summed E-state index contributed by atoms with van der Waals surface area (Å²) in [5.41, 5.74) is 0. The molecule has 11 heavy (non-hydrogen) atoms. The highest BCUT2D eigenvalue weighted by Gasteiger charge is 1.87. The van der Waals surface area contributed by atoms with E-state index in [-0.39, 0.29) is 6.47 Å². The highest BCUT2D eigenvalue weighted by Crippen LogP contribution is 2.05. The van der Waals surface area contributed by atoms with Crippen LogP contribution in [0.2, 0.25) is 10.3 Å². The Hall–Kier alpha value is -0.870. The monoisotopic (exact) mass is 194 g/mol. The first-order valence-corrected chi connectivity index (χ1v) is 3.19. The average Bonchev–Trinajstić information content (AvgIpc) is 1.97. The molecule has 0 atom stereocenters. The van der Waals surface area contributed by atoms with Crippen LogP contribution in [0.4, 0.5) is 0 Å². The van der Waals surface area contributed by atoms with E-state index in [1.54, 1.807) is 12.1 Å². The van der Waals surface area contributed by atoms with Gasteiger partial charge in [-0.1, -0.05) is 23.2 Å². The molecule has 6 heteroatoms. The van der Waals surface area contributed by atoms with E-state index in [0.717, 1.165) is 0 Å². The Morgan fingerprint density at radius 1 is 1.27 bits per heavy atom. The van der Waals surface area contributed by atoms with E-state index >= 15 is 0 Å². The maximum atomic E-state index is 8.36. The highest BCUT2D eigenvalue weighted by atomic mass is 35.5. The zero-order valence-corrected chi connectivity index (χ0v) is 6.75. The summed E-state index contributed by atoms with van der Waals surface area (Å²) in [6, 6.07) is 3.16. The molecule has 1 rings (SSSR count). The maximum Gasteiger partial charge on any atom is 0.290 e. The van der Waals surface area contributed by atoms with E-state index in [1.165, 1.54) is 0 Å². The first-order valence-electron chi connectivity index (χ1n) is 2.43. The van der Waals surface area contributed by atoms with Gasteiger partial charge in [0.05, 0.1) is 0 Å². The zero-order valence-electron chi connectivity index (χ0n) is 5.24. The molecule has 0 saturated carbocycles. The van der Waals surface area contributed by atoms with E-state index < -0.39 is 0 Å². The lowest BCUT2D eigenvalue weighted by atomic mass is 10.6. The summed E-state index contributed by atoms with van der Waals surface area (Å²) < 4.78 is 0. The number of hydrogen-bond acceptors (Lipinski definition) is 3. The van der Waals surface area contributed by atoms with Crippen LogP contribution < -0.4 is 0 Å². The molecule has 0 saturated heterocycles. The van der Waals surface area contributed by atoms with Crippen molar-refractivity contribution in [3.8, 4) is 0 Å². The Kier molecular flexibility index (Phi) is 5.42. The molecule has 0 aliphatic carbocycles. The second-order valence-corrected chi connectivity index (χ2v) is 2.06. The van der Waals surface area contributed by atoms with Crippen LogP contribution in [0.5, 0.6) is 0 Å². The van der Waals surface area contributed by atoms with Crippen LogP contribution in [-0.2, 0) is 4.79 Å². The summed E-state index contributed by atoms with van der Waals surface area (Å²) in [6.45, 7) is -0.250. The van der Waals surface area contributed by atoms with Crippen molar-refractivity contribution >= 4 is 29.7 Å². The minimum absolute atomic E-state index is 0.250.